The third-order valence-electron chi connectivity index (χ3n) is 6.78. The average molecular weight is 737 g/mol. The van der Waals surface area contributed by atoms with E-state index < -0.39 is 11.5 Å². The number of carboxylic acids is 1. The molecule has 2 saturated heterocycles. The number of nitrogens with zero attached hydrogens (tertiary/aromatic N) is 3. The number of benzene rings is 1. The number of nitrogens with one attached hydrogen (secondary N) is 1. The molecule has 2 amide bonds. The summed E-state index contributed by atoms with van der Waals surface area (Å²) in [5.74, 6) is -0.989. The Kier molecular flexibility index (Phi) is 7.89. The van der Waals surface area contributed by atoms with Gasteiger partial charge in [0, 0.05) is 38.3 Å². The second-order valence-electron chi connectivity index (χ2n) is 9.52. The molecule has 2 fully saturated rings. The van der Waals surface area contributed by atoms with Gasteiger partial charge in [-0.15, -0.1) is 0 Å². The monoisotopic (exact) mass is 736 g/mol. The smallest absolute Gasteiger partial charge is 0.356 e. The number of aromatic nitrogens is 1. The quantitative estimate of drug-likeness (QED) is 0.285. The number of aromatic carboxylic acids is 1. The predicted octanol–water partition coefficient (Wildman–Crippen LogP) is 2.43. The molecule has 2 N–H and O–H groups in total. The van der Waals surface area contributed by atoms with Crippen LogP contribution >= 0.6 is 0 Å². The number of aryl methyl sites for hydroxylation is 1. The molecule has 0 radical (unpaired) electrons. The fourth-order valence-electron chi connectivity index (χ4n) is 4.67. The summed E-state index contributed by atoms with van der Waals surface area (Å²) in [7, 11) is 1.79. The molecule has 0 bridgehead atoms. The number of likely N-dealkylation sites (tertiary alicyclic amines) is 1. The summed E-state index contributed by atoms with van der Waals surface area (Å²) < 4.78 is 5.47. The average Bonchev–Trinajstić information content (AvgIpc) is 2.84. The molecule has 2 aliphatic rings. The minimum Gasteiger partial charge on any atom is -0.520 e. The van der Waals surface area contributed by atoms with Crippen LogP contribution in [-0.4, -0.2) is 83.6 Å². The maximum Gasteiger partial charge on any atom is 0.356 e. The van der Waals surface area contributed by atoms with Gasteiger partial charge in [0.1, 0.15) is 0 Å². The van der Waals surface area contributed by atoms with Gasteiger partial charge in [-0.1, -0.05) is 31.2 Å². The first-order valence-corrected chi connectivity index (χ1v) is 11.9. The molecule has 10 heteroatoms. The third-order valence-corrected chi connectivity index (χ3v) is 6.78. The normalized spacial score (nSPS) is 18.6. The Morgan fingerprint density at radius 2 is 2.11 bits per heavy atom. The molecule has 198 valence electrons. The standard InChI is InChI=1S/C26H31N4O5.Fm/c1-3-18-5-4-6-20(9-18)21-11-22(24(25(33)34)27-12-21)28-26(15-35-16-26)14-30(17-31)13-19-7-8-29(2)23(32)10-19;/h4-6,9,11-12,19,28H,3,7-8,10,13-16H2,1-2H3,(H,33,34);/q-1;. The SMILES string of the molecule is CCc1cccc(-c2cnc(C(=O)O)c(NC3(CN([C-]=O)CC4CCN(C)C(=O)C4)COC3)c2)c1.[Fm]. The van der Waals surface area contributed by atoms with Crippen LogP contribution in [0, 0.1) is 5.92 Å². The van der Waals surface area contributed by atoms with Crippen LogP contribution < -0.4 is 5.32 Å². The zero-order valence-electron chi connectivity index (χ0n) is 20.4. The molecule has 2 aromatic rings. The van der Waals surface area contributed by atoms with Crippen LogP contribution in [0.15, 0.2) is 36.5 Å². The summed E-state index contributed by atoms with van der Waals surface area (Å²) >= 11 is 0. The molecule has 36 heavy (non-hydrogen) atoms. The van der Waals surface area contributed by atoms with Crippen LogP contribution in [0.25, 0.3) is 11.1 Å². The second-order valence-corrected chi connectivity index (χ2v) is 9.52. The summed E-state index contributed by atoms with van der Waals surface area (Å²) in [4.78, 5) is 43.3. The summed E-state index contributed by atoms with van der Waals surface area (Å²) in [5.41, 5.74) is 2.54. The Labute approximate surface area is 205 Å². The molecular formula is C26H31FmN4O5-. The first-order valence-electron chi connectivity index (χ1n) is 11.9. The number of hydrogen-bond acceptors (Lipinski definition) is 6. The molecule has 3 heterocycles. The van der Waals surface area contributed by atoms with E-state index >= 15 is 0 Å². The number of piperidine rings is 1. The van der Waals surface area contributed by atoms with Crippen molar-refractivity contribution < 1.29 is 24.2 Å². The number of amides is 2. The minimum atomic E-state index is -1.14. The molecule has 2 aliphatic heterocycles. The maximum atomic E-state index is 12.1. The van der Waals surface area contributed by atoms with Gasteiger partial charge >= 0.3 is 5.97 Å². The number of rotatable bonds is 10. The largest absolute Gasteiger partial charge is 0.520 e. The molecule has 0 saturated carbocycles. The Bertz CT molecular complexity index is 1110. The molecule has 1 aromatic carbocycles. The Hall–Kier alpha value is -4.46. The van der Waals surface area contributed by atoms with Crippen LogP contribution in [0.5, 0.6) is 0 Å². The molecule has 1 atom stereocenters. The van der Waals surface area contributed by atoms with Gasteiger partial charge in [-0.2, -0.15) is 6.41 Å². The van der Waals surface area contributed by atoms with Gasteiger partial charge in [-0.3, -0.25) is 4.79 Å². The van der Waals surface area contributed by atoms with Crippen molar-refractivity contribution in [2.75, 3.05) is 45.2 Å². The van der Waals surface area contributed by atoms with Crippen LogP contribution in [0.2, 0.25) is 0 Å². The maximum absolute atomic E-state index is 12.1. The van der Waals surface area contributed by atoms with Gasteiger partial charge in [0.15, 0.2) is 5.69 Å². The summed E-state index contributed by atoms with van der Waals surface area (Å²) in [5, 5.41) is 13.1. The van der Waals surface area contributed by atoms with Crippen LogP contribution in [0.3, 0.4) is 0 Å². The van der Waals surface area contributed by atoms with Crippen LogP contribution in [0.4, 0.5) is 5.69 Å². The fraction of sp³-hybridized carbons (Fsp3) is 0.462. The van der Waals surface area contributed by atoms with Crippen LogP contribution in [-0.2, 0) is 20.7 Å². The molecular weight excluding hydrogens is 705 g/mol. The first-order chi connectivity index (χ1) is 16.8. The number of hydrogen-bond donors (Lipinski definition) is 2. The number of carbonyl (C=O) groups excluding carboxylic acids is 2. The topological polar surface area (TPSA) is 112 Å². The van der Waals surface area contributed by atoms with Crippen molar-refractivity contribution in [3.05, 3.63) is 47.8 Å². The molecule has 0 spiro atoms. The molecule has 1 unspecified atom stereocenters. The van der Waals surface area contributed by atoms with Gasteiger partial charge in [0.2, 0.25) is 5.91 Å². The van der Waals surface area contributed by atoms with E-state index in [-0.39, 0.29) is 24.1 Å². The van der Waals surface area contributed by atoms with E-state index in [2.05, 4.69) is 23.3 Å². The number of pyridine rings is 1. The van der Waals surface area contributed by atoms with E-state index in [1.54, 1.807) is 29.1 Å². The Morgan fingerprint density at radius 3 is 2.72 bits per heavy atom. The summed E-state index contributed by atoms with van der Waals surface area (Å²) in [6, 6.07) is 9.84. The van der Waals surface area contributed by atoms with E-state index in [4.69, 9.17) is 4.74 Å². The molecule has 1 aromatic heterocycles. The Balaban J connectivity index is 0.00000361. The predicted molar refractivity (Wildman–Crippen MR) is 131 cm³/mol. The molecule has 9 nitrogen and oxygen atoms in total. The molecule has 4 rings (SSSR count). The zero-order chi connectivity index (χ0) is 25.0. The van der Waals surface area contributed by atoms with Gasteiger partial charge < -0.3 is 29.8 Å². The van der Waals surface area contributed by atoms with E-state index in [0.29, 0.717) is 38.4 Å². The van der Waals surface area contributed by atoms with Crippen molar-refractivity contribution in [1.82, 2.24) is 14.8 Å². The number of carbonyl (C=O) groups is 2. The van der Waals surface area contributed by atoms with Crippen molar-refractivity contribution in [3.8, 4) is 11.1 Å². The second kappa shape index (κ2) is 10.9. The van der Waals surface area contributed by atoms with Gasteiger partial charge in [0.05, 0.1) is 24.4 Å². The first kappa shape index (κ1) is 26.2. The van der Waals surface area contributed by atoms with E-state index in [1.165, 1.54) is 5.56 Å². The van der Waals surface area contributed by atoms with Gasteiger partial charge in [-0.25, -0.2) is 9.78 Å². The van der Waals surface area contributed by atoms with Crippen molar-refractivity contribution in [2.24, 2.45) is 5.92 Å². The number of carboxylic acid groups (broad SMARTS) is 1. The van der Waals surface area contributed by atoms with Crippen LogP contribution in [0.1, 0.15) is 35.8 Å². The van der Waals surface area contributed by atoms with E-state index in [0.717, 1.165) is 24.0 Å². The van der Waals surface area contributed by atoms with E-state index in [9.17, 15) is 19.5 Å². The molecule has 0 aliphatic carbocycles. The Morgan fingerprint density at radius 1 is 1.33 bits per heavy atom. The van der Waals surface area contributed by atoms with Gasteiger partial charge in [0.25, 0.3) is 0 Å². The third kappa shape index (κ3) is 5.60. The zero-order valence-corrected chi connectivity index (χ0v) is 22.8. The summed E-state index contributed by atoms with van der Waals surface area (Å²) in [6.07, 6.45) is 5.68. The van der Waals surface area contributed by atoms with Crippen molar-refractivity contribution in [2.45, 2.75) is 31.7 Å². The van der Waals surface area contributed by atoms with Crippen molar-refractivity contribution in [3.63, 3.8) is 0 Å². The fourth-order valence-corrected chi connectivity index (χ4v) is 4.67. The van der Waals surface area contributed by atoms with Crippen molar-refractivity contribution >= 4 is 24.0 Å². The number of ether oxygens (including phenoxy) is 1. The van der Waals surface area contributed by atoms with E-state index in [1.807, 2.05) is 24.6 Å². The van der Waals surface area contributed by atoms with Crippen molar-refractivity contribution in [1.29, 1.82) is 0 Å². The van der Waals surface area contributed by atoms with Gasteiger partial charge in [-0.05, 0) is 42.5 Å². The minimum absolute atomic E-state index is 0. The number of anilines is 1. The summed E-state index contributed by atoms with van der Waals surface area (Å²) in [6.45, 7) is 4.07.